The summed E-state index contributed by atoms with van der Waals surface area (Å²) in [5, 5.41) is 0. The van der Waals surface area contributed by atoms with E-state index in [0.29, 0.717) is 23.1 Å². The molecular weight excluding hydrogens is 415 g/mol. The molecule has 0 spiro atoms. The van der Waals surface area contributed by atoms with Crippen LogP contribution in [0.4, 0.5) is 4.39 Å². The summed E-state index contributed by atoms with van der Waals surface area (Å²) >= 11 is 3.12. The number of hydrogen-bond acceptors (Lipinski definition) is 3. The zero-order chi connectivity index (χ0) is 19.6. The van der Waals surface area contributed by atoms with E-state index in [-0.39, 0.29) is 24.1 Å². The highest BCUT2D eigenvalue weighted by Gasteiger charge is 2.34. The lowest BCUT2D eigenvalue weighted by Gasteiger charge is -2.39. The second-order valence-corrected chi connectivity index (χ2v) is 7.33. The number of carbonyl (C=O) groups excluding carboxylic acids is 3. The van der Waals surface area contributed by atoms with Gasteiger partial charge in [0.05, 0.1) is 5.56 Å². The molecular formula is C20H18BrFN2O3. The van der Waals surface area contributed by atoms with Crippen molar-refractivity contribution in [2.75, 3.05) is 19.6 Å². The Morgan fingerprint density at radius 2 is 1.78 bits per heavy atom. The van der Waals surface area contributed by atoms with Gasteiger partial charge in [-0.1, -0.05) is 34.1 Å². The van der Waals surface area contributed by atoms with Crippen LogP contribution in [0.2, 0.25) is 0 Å². The molecule has 0 N–H and O–H groups in total. The Bertz CT molecular complexity index is 888. The van der Waals surface area contributed by atoms with E-state index in [9.17, 15) is 18.8 Å². The van der Waals surface area contributed by atoms with Crippen molar-refractivity contribution in [3.8, 4) is 0 Å². The summed E-state index contributed by atoms with van der Waals surface area (Å²) in [6.45, 7) is 2.63. The van der Waals surface area contributed by atoms with Crippen LogP contribution >= 0.6 is 15.9 Å². The molecule has 1 fully saturated rings. The third kappa shape index (κ3) is 4.08. The SMILES string of the molecule is C[C@@H]1CN(C(=O)c2ccccc2)CCN1C(=O)C(=O)c1ccc(Br)cc1F. The molecule has 2 aromatic rings. The first kappa shape index (κ1) is 19.2. The molecule has 0 radical (unpaired) electrons. The van der Waals surface area contributed by atoms with Gasteiger partial charge in [0.2, 0.25) is 0 Å². The van der Waals surface area contributed by atoms with Crippen molar-refractivity contribution in [1.29, 1.82) is 0 Å². The fourth-order valence-corrected chi connectivity index (χ4v) is 3.46. The van der Waals surface area contributed by atoms with Gasteiger partial charge in [0.15, 0.2) is 0 Å². The summed E-state index contributed by atoms with van der Waals surface area (Å²) in [4.78, 5) is 40.6. The predicted molar refractivity (Wildman–Crippen MR) is 102 cm³/mol. The molecule has 1 aliphatic heterocycles. The van der Waals surface area contributed by atoms with Crippen LogP contribution in [0.1, 0.15) is 27.6 Å². The van der Waals surface area contributed by atoms with E-state index >= 15 is 0 Å². The van der Waals surface area contributed by atoms with Gasteiger partial charge in [0, 0.05) is 35.7 Å². The number of halogens is 2. The molecule has 2 aromatic carbocycles. The molecule has 0 bridgehead atoms. The Labute approximate surface area is 164 Å². The standard InChI is InChI=1S/C20H18BrFN2O3/c1-13-12-23(19(26)14-5-3-2-4-6-14)9-10-24(13)20(27)18(25)16-8-7-15(21)11-17(16)22/h2-8,11,13H,9-10,12H2,1H3/t13-/m1/s1. The second kappa shape index (κ2) is 8.00. The normalized spacial score (nSPS) is 16.9. The molecule has 1 heterocycles. The van der Waals surface area contributed by atoms with Crippen LogP contribution in [-0.2, 0) is 4.79 Å². The van der Waals surface area contributed by atoms with Gasteiger partial charge in [-0.15, -0.1) is 0 Å². The highest BCUT2D eigenvalue weighted by molar-refractivity contribution is 9.10. The minimum atomic E-state index is -0.880. The number of piperazine rings is 1. The van der Waals surface area contributed by atoms with E-state index in [4.69, 9.17) is 0 Å². The Kier molecular flexibility index (Phi) is 5.70. The van der Waals surface area contributed by atoms with Crippen molar-refractivity contribution in [2.45, 2.75) is 13.0 Å². The zero-order valence-corrected chi connectivity index (χ0v) is 16.3. The lowest BCUT2D eigenvalue weighted by atomic mass is 10.1. The van der Waals surface area contributed by atoms with Gasteiger partial charge in [-0.2, -0.15) is 0 Å². The first-order valence-corrected chi connectivity index (χ1v) is 9.32. The molecule has 7 heteroatoms. The molecule has 1 aliphatic rings. The number of Topliss-reactive ketones (excluding diaryl/α,β-unsaturated/α-hetero) is 1. The lowest BCUT2D eigenvalue weighted by Crippen LogP contribution is -2.56. The van der Waals surface area contributed by atoms with Crippen molar-refractivity contribution in [3.05, 3.63) is 69.9 Å². The number of hydrogen-bond donors (Lipinski definition) is 0. The van der Waals surface area contributed by atoms with Gasteiger partial charge in [0.1, 0.15) is 5.82 Å². The molecule has 0 unspecified atom stereocenters. The largest absolute Gasteiger partial charge is 0.335 e. The Hall–Kier alpha value is -2.54. The van der Waals surface area contributed by atoms with Crippen molar-refractivity contribution >= 4 is 33.5 Å². The number of amides is 2. The van der Waals surface area contributed by atoms with Gasteiger partial charge in [-0.05, 0) is 37.3 Å². The summed E-state index contributed by atoms with van der Waals surface area (Å²) in [7, 11) is 0. The van der Waals surface area contributed by atoms with E-state index in [0.717, 1.165) is 6.07 Å². The zero-order valence-electron chi connectivity index (χ0n) is 14.7. The third-order valence-electron chi connectivity index (χ3n) is 4.57. The van der Waals surface area contributed by atoms with E-state index in [1.54, 1.807) is 36.1 Å². The molecule has 3 rings (SSSR count). The van der Waals surface area contributed by atoms with Crippen LogP contribution in [0.5, 0.6) is 0 Å². The molecule has 0 aliphatic carbocycles. The number of nitrogens with zero attached hydrogens (tertiary/aromatic N) is 2. The maximum atomic E-state index is 14.0. The monoisotopic (exact) mass is 432 g/mol. The average Bonchev–Trinajstić information content (AvgIpc) is 2.67. The Morgan fingerprint density at radius 1 is 1.07 bits per heavy atom. The third-order valence-corrected chi connectivity index (χ3v) is 5.06. The summed E-state index contributed by atoms with van der Waals surface area (Å²) in [6, 6.07) is 12.5. The molecule has 27 heavy (non-hydrogen) atoms. The summed E-state index contributed by atoms with van der Waals surface area (Å²) in [6.07, 6.45) is 0. The number of rotatable bonds is 3. The van der Waals surface area contributed by atoms with Crippen LogP contribution < -0.4 is 0 Å². The smallest absolute Gasteiger partial charge is 0.295 e. The highest BCUT2D eigenvalue weighted by Crippen LogP contribution is 2.19. The van der Waals surface area contributed by atoms with Crippen molar-refractivity contribution in [3.63, 3.8) is 0 Å². The molecule has 1 saturated heterocycles. The first-order chi connectivity index (χ1) is 12.9. The van der Waals surface area contributed by atoms with Crippen LogP contribution in [0.25, 0.3) is 0 Å². The second-order valence-electron chi connectivity index (χ2n) is 6.42. The summed E-state index contributed by atoms with van der Waals surface area (Å²) < 4.78 is 14.5. The molecule has 140 valence electrons. The molecule has 1 atom stereocenters. The Balaban J connectivity index is 1.70. The minimum absolute atomic E-state index is 0.111. The maximum Gasteiger partial charge on any atom is 0.295 e. The van der Waals surface area contributed by atoms with Gasteiger partial charge < -0.3 is 9.80 Å². The molecule has 0 saturated carbocycles. The van der Waals surface area contributed by atoms with Crippen LogP contribution in [-0.4, -0.2) is 53.1 Å². The first-order valence-electron chi connectivity index (χ1n) is 8.53. The van der Waals surface area contributed by atoms with Crippen molar-refractivity contribution in [1.82, 2.24) is 9.80 Å². The van der Waals surface area contributed by atoms with Crippen LogP contribution in [0, 0.1) is 5.82 Å². The van der Waals surface area contributed by atoms with Gasteiger partial charge in [0.25, 0.3) is 17.6 Å². The maximum absolute atomic E-state index is 14.0. The van der Waals surface area contributed by atoms with Crippen LogP contribution in [0.15, 0.2) is 53.0 Å². The summed E-state index contributed by atoms with van der Waals surface area (Å²) in [5.41, 5.74) is 0.329. The molecule has 5 nitrogen and oxygen atoms in total. The minimum Gasteiger partial charge on any atom is -0.335 e. The fourth-order valence-electron chi connectivity index (χ4n) is 3.13. The Morgan fingerprint density at radius 3 is 2.41 bits per heavy atom. The number of carbonyl (C=O) groups is 3. The lowest BCUT2D eigenvalue weighted by molar-refractivity contribution is -0.130. The van der Waals surface area contributed by atoms with Gasteiger partial charge in [-0.25, -0.2) is 4.39 Å². The predicted octanol–water partition coefficient (Wildman–Crippen LogP) is 3.14. The van der Waals surface area contributed by atoms with E-state index in [1.807, 2.05) is 6.07 Å². The quantitative estimate of drug-likeness (QED) is 0.552. The van der Waals surface area contributed by atoms with Gasteiger partial charge in [-0.3, -0.25) is 14.4 Å². The topological polar surface area (TPSA) is 57.7 Å². The van der Waals surface area contributed by atoms with Crippen molar-refractivity contribution < 1.29 is 18.8 Å². The van der Waals surface area contributed by atoms with Gasteiger partial charge >= 0.3 is 0 Å². The highest BCUT2D eigenvalue weighted by atomic mass is 79.9. The van der Waals surface area contributed by atoms with E-state index in [2.05, 4.69) is 15.9 Å². The number of benzene rings is 2. The van der Waals surface area contributed by atoms with Crippen LogP contribution in [0.3, 0.4) is 0 Å². The average molecular weight is 433 g/mol. The number of ketones is 1. The summed E-state index contributed by atoms with van der Waals surface area (Å²) in [5.74, 6) is -2.49. The van der Waals surface area contributed by atoms with E-state index < -0.39 is 17.5 Å². The van der Waals surface area contributed by atoms with Crippen molar-refractivity contribution in [2.24, 2.45) is 0 Å². The fraction of sp³-hybridized carbons (Fsp3) is 0.250. The molecule has 2 amide bonds. The van der Waals surface area contributed by atoms with E-state index in [1.165, 1.54) is 17.0 Å². The molecule has 0 aromatic heterocycles.